The number of hydrogen-bond donors (Lipinski definition) is 1. The van der Waals surface area contributed by atoms with E-state index in [4.69, 9.17) is 21.3 Å². The van der Waals surface area contributed by atoms with Crippen molar-refractivity contribution in [3.8, 4) is 5.75 Å². The predicted octanol–water partition coefficient (Wildman–Crippen LogP) is 5.58. The molecule has 0 bridgehead atoms. The number of nitrogens with one attached hydrogen (secondary N) is 1. The van der Waals surface area contributed by atoms with E-state index >= 15 is 0 Å². The summed E-state index contributed by atoms with van der Waals surface area (Å²) in [6, 6.07) is 12.2. The van der Waals surface area contributed by atoms with Crippen molar-refractivity contribution in [1.82, 2.24) is 9.88 Å². The number of ether oxygens (including phenoxy) is 1. The number of rotatable bonds is 8. The molecule has 0 spiro atoms. The molecular weight excluding hydrogens is 358 g/mol. The molecule has 0 aliphatic heterocycles. The molecule has 0 fully saturated rings. The molecule has 3 aromatic rings. The molecular formula is C22H28ClN3O. The van der Waals surface area contributed by atoms with Crippen LogP contribution in [0.4, 0.5) is 5.69 Å². The number of aromatic nitrogens is 1. The zero-order valence-electron chi connectivity index (χ0n) is 16.6. The second kappa shape index (κ2) is 8.77. The Hall–Kier alpha value is -2.04. The molecule has 0 saturated heterocycles. The normalized spacial score (nSPS) is 12.7. The Morgan fingerprint density at radius 3 is 2.67 bits per heavy atom. The summed E-state index contributed by atoms with van der Waals surface area (Å²) in [6.07, 6.45) is 2.25. The molecule has 0 aliphatic carbocycles. The van der Waals surface area contributed by atoms with Crippen molar-refractivity contribution in [2.45, 2.75) is 32.7 Å². The van der Waals surface area contributed by atoms with Crippen LogP contribution in [0.1, 0.15) is 26.7 Å². The number of pyridine rings is 1. The number of halogens is 1. The molecule has 0 radical (unpaired) electrons. The lowest BCUT2D eigenvalue weighted by Crippen LogP contribution is -2.26. The fourth-order valence-corrected chi connectivity index (χ4v) is 3.57. The first kappa shape index (κ1) is 19.7. The summed E-state index contributed by atoms with van der Waals surface area (Å²) in [5, 5.41) is 6.57. The fraction of sp³-hybridized carbons (Fsp3) is 0.409. The van der Waals surface area contributed by atoms with Crippen LogP contribution in [0.5, 0.6) is 5.75 Å². The smallest absolute Gasteiger partial charge is 0.119 e. The van der Waals surface area contributed by atoms with Gasteiger partial charge in [-0.25, -0.2) is 4.98 Å². The first-order valence-corrected chi connectivity index (χ1v) is 9.91. The first-order chi connectivity index (χ1) is 13.0. The van der Waals surface area contributed by atoms with Crippen molar-refractivity contribution >= 4 is 39.1 Å². The van der Waals surface area contributed by atoms with Gasteiger partial charge >= 0.3 is 0 Å². The zero-order valence-corrected chi connectivity index (χ0v) is 17.3. The highest BCUT2D eigenvalue weighted by molar-refractivity contribution is 6.31. The van der Waals surface area contributed by atoms with Crippen LogP contribution in [-0.2, 0) is 0 Å². The number of nitrogens with zero attached hydrogens (tertiary/aromatic N) is 2. The average Bonchev–Trinajstić information content (AvgIpc) is 2.66. The maximum atomic E-state index is 6.20. The van der Waals surface area contributed by atoms with E-state index in [9.17, 15) is 0 Å². The molecule has 27 heavy (non-hydrogen) atoms. The summed E-state index contributed by atoms with van der Waals surface area (Å²) < 4.78 is 5.44. The van der Waals surface area contributed by atoms with Crippen LogP contribution in [0.2, 0.25) is 5.02 Å². The largest absolute Gasteiger partial charge is 0.497 e. The molecule has 3 rings (SSSR count). The lowest BCUT2D eigenvalue weighted by molar-refractivity contribution is 0.324. The van der Waals surface area contributed by atoms with Gasteiger partial charge in [-0.15, -0.1) is 0 Å². The van der Waals surface area contributed by atoms with E-state index in [1.807, 2.05) is 30.3 Å². The zero-order chi connectivity index (χ0) is 19.4. The molecule has 4 nitrogen and oxygen atoms in total. The van der Waals surface area contributed by atoms with Crippen LogP contribution in [0.3, 0.4) is 0 Å². The Morgan fingerprint density at radius 2 is 1.93 bits per heavy atom. The summed E-state index contributed by atoms with van der Waals surface area (Å²) in [5.74, 6) is 0.830. The molecule has 1 aromatic heterocycles. The lowest BCUT2D eigenvalue weighted by atomic mass is 10.1. The lowest BCUT2D eigenvalue weighted by Gasteiger charge is -2.22. The van der Waals surface area contributed by atoms with Gasteiger partial charge < -0.3 is 15.0 Å². The molecule has 144 valence electrons. The Bertz CT molecular complexity index is 928. The van der Waals surface area contributed by atoms with Gasteiger partial charge in [-0.3, -0.25) is 0 Å². The SMILES string of the molecule is CCCN(C)CCC(C)Nc1c2ccc(Cl)cc2nc2ccc(OC)cc12. The van der Waals surface area contributed by atoms with E-state index < -0.39 is 0 Å². The number of methoxy groups -OCH3 is 1. The minimum absolute atomic E-state index is 0.333. The summed E-state index contributed by atoms with van der Waals surface area (Å²) in [7, 11) is 3.87. The van der Waals surface area contributed by atoms with E-state index in [2.05, 4.69) is 37.2 Å². The van der Waals surface area contributed by atoms with Gasteiger partial charge in [0.2, 0.25) is 0 Å². The van der Waals surface area contributed by atoms with Crippen molar-refractivity contribution < 1.29 is 4.74 Å². The van der Waals surface area contributed by atoms with Crippen molar-refractivity contribution in [3.05, 3.63) is 41.4 Å². The predicted molar refractivity (Wildman–Crippen MR) is 116 cm³/mol. The maximum Gasteiger partial charge on any atom is 0.119 e. The van der Waals surface area contributed by atoms with Gasteiger partial charge in [0.15, 0.2) is 0 Å². The topological polar surface area (TPSA) is 37.4 Å². The Labute approximate surface area is 166 Å². The van der Waals surface area contributed by atoms with E-state index in [-0.39, 0.29) is 0 Å². The molecule has 1 atom stereocenters. The van der Waals surface area contributed by atoms with E-state index in [1.165, 1.54) is 6.42 Å². The quantitative estimate of drug-likeness (QED) is 0.513. The number of anilines is 1. The van der Waals surface area contributed by atoms with Gasteiger partial charge in [0.25, 0.3) is 0 Å². The van der Waals surface area contributed by atoms with Crippen molar-refractivity contribution in [1.29, 1.82) is 0 Å². The van der Waals surface area contributed by atoms with Gasteiger partial charge in [0, 0.05) is 21.8 Å². The van der Waals surface area contributed by atoms with Gasteiger partial charge in [-0.1, -0.05) is 18.5 Å². The summed E-state index contributed by atoms with van der Waals surface area (Å²) >= 11 is 6.20. The Balaban J connectivity index is 1.99. The highest BCUT2D eigenvalue weighted by atomic mass is 35.5. The first-order valence-electron chi connectivity index (χ1n) is 9.54. The second-order valence-corrected chi connectivity index (χ2v) is 7.61. The van der Waals surface area contributed by atoms with Gasteiger partial charge in [0.1, 0.15) is 5.75 Å². The highest BCUT2D eigenvalue weighted by Crippen LogP contribution is 2.34. The molecule has 5 heteroatoms. The van der Waals surface area contributed by atoms with E-state index in [0.717, 1.165) is 52.8 Å². The van der Waals surface area contributed by atoms with Crippen molar-refractivity contribution in [3.63, 3.8) is 0 Å². The molecule has 0 aliphatic rings. The van der Waals surface area contributed by atoms with Crippen LogP contribution >= 0.6 is 11.6 Å². The minimum Gasteiger partial charge on any atom is -0.497 e. The van der Waals surface area contributed by atoms with Gasteiger partial charge in [0.05, 0.1) is 23.8 Å². The van der Waals surface area contributed by atoms with Crippen LogP contribution in [0.15, 0.2) is 36.4 Å². The molecule has 1 unspecified atom stereocenters. The Morgan fingerprint density at radius 1 is 1.11 bits per heavy atom. The van der Waals surface area contributed by atoms with Gasteiger partial charge in [-0.2, -0.15) is 0 Å². The van der Waals surface area contributed by atoms with E-state index in [1.54, 1.807) is 7.11 Å². The molecule has 0 amide bonds. The number of fused-ring (bicyclic) bond motifs is 2. The third-order valence-electron chi connectivity index (χ3n) is 4.88. The number of benzene rings is 2. The van der Waals surface area contributed by atoms with Crippen LogP contribution < -0.4 is 10.1 Å². The average molecular weight is 386 g/mol. The molecule has 1 heterocycles. The third kappa shape index (κ3) is 4.63. The third-order valence-corrected chi connectivity index (χ3v) is 5.12. The van der Waals surface area contributed by atoms with Gasteiger partial charge in [-0.05, 0) is 76.3 Å². The Kier molecular flexibility index (Phi) is 6.40. The highest BCUT2D eigenvalue weighted by Gasteiger charge is 2.13. The maximum absolute atomic E-state index is 6.20. The monoisotopic (exact) mass is 385 g/mol. The molecule has 1 N–H and O–H groups in total. The van der Waals surface area contributed by atoms with Crippen molar-refractivity contribution in [2.24, 2.45) is 0 Å². The molecule has 2 aromatic carbocycles. The van der Waals surface area contributed by atoms with Crippen LogP contribution in [-0.4, -0.2) is 43.2 Å². The standard InChI is InChI=1S/C22H28ClN3O/c1-5-11-26(3)12-10-15(2)24-22-18-8-6-16(23)13-21(18)25-20-9-7-17(27-4)14-19(20)22/h6-9,13-15H,5,10-12H2,1-4H3,(H,24,25). The van der Waals surface area contributed by atoms with E-state index in [0.29, 0.717) is 11.1 Å². The fourth-order valence-electron chi connectivity index (χ4n) is 3.41. The van der Waals surface area contributed by atoms with Crippen LogP contribution in [0, 0.1) is 0 Å². The summed E-state index contributed by atoms with van der Waals surface area (Å²) in [5.41, 5.74) is 2.93. The van der Waals surface area contributed by atoms with Crippen LogP contribution in [0.25, 0.3) is 21.8 Å². The number of hydrogen-bond acceptors (Lipinski definition) is 4. The summed E-state index contributed by atoms with van der Waals surface area (Å²) in [4.78, 5) is 7.17. The minimum atomic E-state index is 0.333. The summed E-state index contributed by atoms with van der Waals surface area (Å²) in [6.45, 7) is 6.64. The second-order valence-electron chi connectivity index (χ2n) is 7.17. The molecule has 0 saturated carbocycles. The van der Waals surface area contributed by atoms with Crippen molar-refractivity contribution in [2.75, 3.05) is 32.6 Å².